The third-order valence-electron chi connectivity index (χ3n) is 3.13. The maximum absolute atomic E-state index is 13.4. The van der Waals surface area contributed by atoms with Gasteiger partial charge in [0.25, 0.3) is 0 Å². The van der Waals surface area contributed by atoms with Crippen LogP contribution in [0.2, 0.25) is 0 Å². The highest BCUT2D eigenvalue weighted by molar-refractivity contribution is 7.99. The number of thioether (sulfide) groups is 1. The van der Waals surface area contributed by atoms with Crippen LogP contribution in [0.3, 0.4) is 0 Å². The van der Waals surface area contributed by atoms with Crippen LogP contribution in [0.4, 0.5) is 4.39 Å². The first-order valence-corrected chi connectivity index (χ1v) is 7.97. The molecule has 1 amide bonds. The van der Waals surface area contributed by atoms with Crippen molar-refractivity contribution in [2.24, 2.45) is 0 Å². The van der Waals surface area contributed by atoms with Crippen molar-refractivity contribution >= 4 is 17.7 Å². The number of halogens is 1. The smallest absolute Gasteiger partial charge is 0.230 e. The Balaban J connectivity index is 1.76. The van der Waals surface area contributed by atoms with E-state index in [9.17, 15) is 9.18 Å². The van der Waals surface area contributed by atoms with Gasteiger partial charge in [-0.1, -0.05) is 48.5 Å². The fourth-order valence-corrected chi connectivity index (χ4v) is 2.80. The summed E-state index contributed by atoms with van der Waals surface area (Å²) in [5, 5.41) is 2.94. The van der Waals surface area contributed by atoms with Gasteiger partial charge in [-0.3, -0.25) is 4.79 Å². The molecule has 2 aromatic carbocycles. The van der Waals surface area contributed by atoms with Gasteiger partial charge in [-0.15, -0.1) is 11.8 Å². The summed E-state index contributed by atoms with van der Waals surface area (Å²) in [6.45, 7) is 1.95. The Morgan fingerprint density at radius 2 is 1.81 bits per heavy atom. The molecule has 2 nitrogen and oxygen atoms in total. The third-order valence-corrected chi connectivity index (χ3v) is 4.11. The lowest BCUT2D eigenvalue weighted by atomic mass is 10.1. The maximum atomic E-state index is 13.4. The van der Waals surface area contributed by atoms with Crippen molar-refractivity contribution in [3.63, 3.8) is 0 Å². The third kappa shape index (κ3) is 4.90. The molecule has 0 fully saturated rings. The topological polar surface area (TPSA) is 29.1 Å². The summed E-state index contributed by atoms with van der Waals surface area (Å²) >= 11 is 1.41. The highest BCUT2D eigenvalue weighted by atomic mass is 32.2. The molecule has 4 heteroatoms. The SMILES string of the molecule is C[C@@H](NC(=O)CSCc1ccccc1F)c1ccccc1. The molecule has 0 saturated heterocycles. The van der Waals surface area contributed by atoms with Crippen LogP contribution in [-0.4, -0.2) is 11.7 Å². The molecule has 2 rings (SSSR count). The predicted molar refractivity (Wildman–Crippen MR) is 85.6 cm³/mol. The summed E-state index contributed by atoms with van der Waals surface area (Å²) in [6.07, 6.45) is 0. The first kappa shape index (κ1) is 15.6. The summed E-state index contributed by atoms with van der Waals surface area (Å²) in [6, 6.07) is 16.4. The second-order valence-corrected chi connectivity index (χ2v) is 5.77. The summed E-state index contributed by atoms with van der Waals surface area (Å²) in [4.78, 5) is 11.9. The fourth-order valence-electron chi connectivity index (χ4n) is 1.98. The lowest BCUT2D eigenvalue weighted by Gasteiger charge is -2.14. The quantitative estimate of drug-likeness (QED) is 0.876. The number of nitrogens with one attached hydrogen (secondary N) is 1. The van der Waals surface area contributed by atoms with E-state index in [-0.39, 0.29) is 17.8 Å². The predicted octanol–water partition coefficient (Wildman–Crippen LogP) is 3.94. The van der Waals surface area contributed by atoms with Crippen molar-refractivity contribution in [2.75, 3.05) is 5.75 Å². The lowest BCUT2D eigenvalue weighted by molar-refractivity contribution is -0.119. The van der Waals surface area contributed by atoms with Gasteiger partial charge in [0.1, 0.15) is 5.82 Å². The van der Waals surface area contributed by atoms with Crippen molar-refractivity contribution in [3.05, 3.63) is 71.5 Å². The van der Waals surface area contributed by atoms with E-state index < -0.39 is 0 Å². The molecular formula is C17H18FNOS. The average Bonchev–Trinajstić information content (AvgIpc) is 2.50. The van der Waals surface area contributed by atoms with Crippen molar-refractivity contribution in [1.29, 1.82) is 0 Å². The Hall–Kier alpha value is -1.81. The van der Waals surface area contributed by atoms with Crippen LogP contribution in [0, 0.1) is 5.82 Å². The standard InChI is InChI=1S/C17H18FNOS/c1-13(14-7-3-2-4-8-14)19-17(20)12-21-11-15-9-5-6-10-16(15)18/h2-10,13H,11-12H2,1H3,(H,19,20)/t13-/m1/s1. The Bertz CT molecular complexity index is 588. The van der Waals surface area contributed by atoms with E-state index in [4.69, 9.17) is 0 Å². The van der Waals surface area contributed by atoms with E-state index in [0.29, 0.717) is 17.1 Å². The van der Waals surface area contributed by atoms with Crippen LogP contribution in [0.1, 0.15) is 24.1 Å². The zero-order valence-corrected chi connectivity index (χ0v) is 12.7. The van der Waals surface area contributed by atoms with Gasteiger partial charge in [-0.25, -0.2) is 4.39 Å². The molecule has 0 saturated carbocycles. The molecule has 0 heterocycles. The Morgan fingerprint density at radius 3 is 2.52 bits per heavy atom. The second kappa shape index (κ2) is 7.84. The molecule has 0 aromatic heterocycles. The molecule has 0 unspecified atom stereocenters. The van der Waals surface area contributed by atoms with Crippen molar-refractivity contribution < 1.29 is 9.18 Å². The van der Waals surface area contributed by atoms with E-state index in [1.807, 2.05) is 37.3 Å². The van der Waals surface area contributed by atoms with Gasteiger partial charge in [0, 0.05) is 5.75 Å². The molecular weight excluding hydrogens is 285 g/mol. The van der Waals surface area contributed by atoms with E-state index in [0.717, 1.165) is 5.56 Å². The Labute approximate surface area is 128 Å². The van der Waals surface area contributed by atoms with Gasteiger partial charge in [0.2, 0.25) is 5.91 Å². The molecule has 2 aromatic rings. The number of hydrogen-bond donors (Lipinski definition) is 1. The van der Waals surface area contributed by atoms with Gasteiger partial charge in [0.15, 0.2) is 0 Å². The molecule has 0 aliphatic rings. The van der Waals surface area contributed by atoms with Gasteiger partial charge < -0.3 is 5.32 Å². The Morgan fingerprint density at radius 1 is 1.14 bits per heavy atom. The monoisotopic (exact) mass is 303 g/mol. The number of amides is 1. The molecule has 110 valence electrons. The van der Waals surface area contributed by atoms with Gasteiger partial charge in [-0.2, -0.15) is 0 Å². The largest absolute Gasteiger partial charge is 0.349 e. The molecule has 1 N–H and O–H groups in total. The van der Waals surface area contributed by atoms with Crippen molar-refractivity contribution in [2.45, 2.75) is 18.7 Å². The van der Waals surface area contributed by atoms with Crippen LogP contribution in [0.15, 0.2) is 54.6 Å². The van der Waals surface area contributed by atoms with Gasteiger partial charge in [-0.05, 0) is 24.1 Å². The summed E-state index contributed by atoms with van der Waals surface area (Å²) in [5.41, 5.74) is 1.70. The van der Waals surface area contributed by atoms with Gasteiger partial charge >= 0.3 is 0 Å². The Kier molecular flexibility index (Phi) is 5.81. The zero-order valence-electron chi connectivity index (χ0n) is 11.9. The van der Waals surface area contributed by atoms with E-state index in [2.05, 4.69) is 5.32 Å². The highest BCUT2D eigenvalue weighted by Crippen LogP contribution is 2.16. The summed E-state index contributed by atoms with van der Waals surface area (Å²) < 4.78 is 13.4. The lowest BCUT2D eigenvalue weighted by Crippen LogP contribution is -2.28. The number of carbonyl (C=O) groups is 1. The van der Waals surface area contributed by atoms with Crippen molar-refractivity contribution in [1.82, 2.24) is 5.32 Å². The van der Waals surface area contributed by atoms with E-state index in [1.54, 1.807) is 18.2 Å². The highest BCUT2D eigenvalue weighted by Gasteiger charge is 2.09. The minimum absolute atomic E-state index is 0.0206. The van der Waals surface area contributed by atoms with Crippen molar-refractivity contribution in [3.8, 4) is 0 Å². The van der Waals surface area contributed by atoms with Crippen LogP contribution < -0.4 is 5.32 Å². The van der Waals surface area contributed by atoms with E-state index in [1.165, 1.54) is 17.8 Å². The first-order chi connectivity index (χ1) is 10.2. The van der Waals surface area contributed by atoms with Crippen LogP contribution in [-0.2, 0) is 10.5 Å². The number of hydrogen-bond acceptors (Lipinski definition) is 2. The van der Waals surface area contributed by atoms with Crippen LogP contribution >= 0.6 is 11.8 Å². The average molecular weight is 303 g/mol. The molecule has 0 spiro atoms. The minimum Gasteiger partial charge on any atom is -0.349 e. The molecule has 21 heavy (non-hydrogen) atoms. The maximum Gasteiger partial charge on any atom is 0.230 e. The molecule has 1 atom stereocenters. The van der Waals surface area contributed by atoms with Gasteiger partial charge in [0.05, 0.1) is 11.8 Å². The molecule has 0 aliphatic heterocycles. The first-order valence-electron chi connectivity index (χ1n) is 6.82. The van der Waals surface area contributed by atoms with Crippen LogP contribution in [0.25, 0.3) is 0 Å². The normalized spacial score (nSPS) is 11.9. The number of rotatable bonds is 6. The van der Waals surface area contributed by atoms with Crippen LogP contribution in [0.5, 0.6) is 0 Å². The summed E-state index contributed by atoms with van der Waals surface area (Å²) in [5.74, 6) is 0.571. The fraction of sp³-hybridized carbons (Fsp3) is 0.235. The number of benzene rings is 2. The van der Waals surface area contributed by atoms with E-state index >= 15 is 0 Å². The molecule has 0 bridgehead atoms. The molecule has 0 aliphatic carbocycles. The minimum atomic E-state index is -0.219. The summed E-state index contributed by atoms with van der Waals surface area (Å²) in [7, 11) is 0. The zero-order chi connectivity index (χ0) is 15.1. The number of carbonyl (C=O) groups excluding carboxylic acids is 1. The molecule has 0 radical (unpaired) electrons. The second-order valence-electron chi connectivity index (χ2n) is 4.78.